The summed E-state index contributed by atoms with van der Waals surface area (Å²) in [5.41, 5.74) is 3.38. The molecule has 3 heterocycles. The number of nitrogens with one attached hydrogen (secondary N) is 4. The Morgan fingerprint density at radius 2 is 1.13 bits per heavy atom. The lowest BCUT2D eigenvalue weighted by Crippen LogP contribution is -2.62. The topological polar surface area (TPSA) is 130 Å². The second-order valence-electron chi connectivity index (χ2n) is 7.62. The average molecular weight is 404 g/mol. The van der Waals surface area contributed by atoms with Gasteiger partial charge in [-0.1, -0.05) is 0 Å². The van der Waals surface area contributed by atoms with Gasteiger partial charge in [-0.25, -0.2) is 0 Å². The Hall–Kier alpha value is -3.94. The standard InChI is InChI=1S/C22H20N4O4/c27-13-1-3-17-15(7-13)11(9-23-17)5-19-21(29)26-20(22(30)25-19)6-12-10-24-18-4-2-14(28)8-16(12)18/h1-4,7-10,19-20,23-24,27-28H,5-6H2,(H,25,30)(H,26,29). The first-order valence-electron chi connectivity index (χ1n) is 9.66. The molecule has 2 aromatic heterocycles. The highest BCUT2D eigenvalue weighted by Gasteiger charge is 2.34. The van der Waals surface area contributed by atoms with Crippen LogP contribution in [-0.2, 0) is 22.4 Å². The van der Waals surface area contributed by atoms with Gasteiger partial charge in [0, 0.05) is 47.0 Å². The van der Waals surface area contributed by atoms with Gasteiger partial charge in [0.05, 0.1) is 0 Å². The largest absolute Gasteiger partial charge is 0.508 e. The van der Waals surface area contributed by atoms with Crippen molar-refractivity contribution in [1.82, 2.24) is 20.6 Å². The molecule has 1 aliphatic rings. The third-order valence-corrected chi connectivity index (χ3v) is 5.62. The molecule has 5 rings (SSSR count). The molecule has 1 aliphatic heterocycles. The number of phenols is 2. The van der Waals surface area contributed by atoms with Crippen molar-refractivity contribution in [3.05, 3.63) is 59.9 Å². The molecular weight excluding hydrogens is 384 g/mol. The van der Waals surface area contributed by atoms with Crippen molar-refractivity contribution in [3.63, 3.8) is 0 Å². The average Bonchev–Trinajstić information content (AvgIpc) is 3.29. The summed E-state index contributed by atoms with van der Waals surface area (Å²) >= 11 is 0. The molecule has 152 valence electrons. The Kier molecular flexibility index (Phi) is 4.13. The van der Waals surface area contributed by atoms with Crippen LogP contribution in [0.2, 0.25) is 0 Å². The first-order valence-corrected chi connectivity index (χ1v) is 9.66. The zero-order chi connectivity index (χ0) is 20.8. The van der Waals surface area contributed by atoms with Gasteiger partial charge >= 0.3 is 0 Å². The highest BCUT2D eigenvalue weighted by atomic mass is 16.3. The van der Waals surface area contributed by atoms with Gasteiger partial charge in [-0.3, -0.25) is 9.59 Å². The van der Waals surface area contributed by atoms with Gasteiger partial charge in [0.1, 0.15) is 23.6 Å². The molecule has 0 bridgehead atoms. The third-order valence-electron chi connectivity index (χ3n) is 5.62. The molecule has 8 nitrogen and oxygen atoms in total. The second-order valence-corrected chi connectivity index (χ2v) is 7.62. The van der Waals surface area contributed by atoms with Crippen molar-refractivity contribution >= 4 is 33.6 Å². The number of benzene rings is 2. The number of piperazine rings is 1. The van der Waals surface area contributed by atoms with Gasteiger partial charge in [0.2, 0.25) is 11.8 Å². The molecule has 2 aromatic carbocycles. The smallest absolute Gasteiger partial charge is 0.243 e. The summed E-state index contributed by atoms with van der Waals surface area (Å²) < 4.78 is 0. The summed E-state index contributed by atoms with van der Waals surface area (Å²) in [5.74, 6) is -0.218. The number of hydrogen-bond acceptors (Lipinski definition) is 4. The Labute approximate surface area is 170 Å². The van der Waals surface area contributed by atoms with Gasteiger partial charge < -0.3 is 30.8 Å². The van der Waals surface area contributed by atoms with Crippen LogP contribution in [-0.4, -0.2) is 44.1 Å². The van der Waals surface area contributed by atoms with Crippen LogP contribution in [0.25, 0.3) is 21.8 Å². The van der Waals surface area contributed by atoms with Gasteiger partial charge in [-0.15, -0.1) is 0 Å². The monoisotopic (exact) mass is 404 g/mol. The number of aromatic amines is 2. The SMILES string of the molecule is O=C1NC(Cc2c[nH]c3ccc(O)cc23)C(=O)NC1Cc1c[nH]c2ccc(O)cc12. The minimum absolute atomic E-state index is 0.144. The lowest BCUT2D eigenvalue weighted by molar-refractivity contribution is -0.136. The maximum Gasteiger partial charge on any atom is 0.243 e. The summed E-state index contributed by atoms with van der Waals surface area (Å²) in [6.07, 6.45) is 4.20. The molecule has 0 radical (unpaired) electrons. The van der Waals surface area contributed by atoms with Crippen LogP contribution >= 0.6 is 0 Å². The number of carbonyl (C=O) groups excluding carboxylic acids is 2. The summed E-state index contributed by atoms with van der Waals surface area (Å²) in [6.45, 7) is 0. The van der Waals surface area contributed by atoms with Gasteiger partial charge in [0.25, 0.3) is 0 Å². The molecule has 8 heteroatoms. The van der Waals surface area contributed by atoms with Gasteiger partial charge in [0.15, 0.2) is 0 Å². The summed E-state index contributed by atoms with van der Waals surface area (Å²) in [5, 5.41) is 26.8. The highest BCUT2D eigenvalue weighted by Crippen LogP contribution is 2.26. The second kappa shape index (κ2) is 6.84. The number of phenolic OH excluding ortho intramolecular Hbond substituents is 2. The van der Waals surface area contributed by atoms with Crippen molar-refractivity contribution in [3.8, 4) is 11.5 Å². The van der Waals surface area contributed by atoms with Crippen molar-refractivity contribution in [1.29, 1.82) is 0 Å². The minimum atomic E-state index is -0.692. The first kappa shape index (κ1) is 18.1. The number of aromatic hydroxyl groups is 2. The van der Waals surface area contributed by atoms with E-state index in [0.717, 1.165) is 32.9 Å². The fourth-order valence-electron chi connectivity index (χ4n) is 4.07. The minimum Gasteiger partial charge on any atom is -0.508 e. The van der Waals surface area contributed by atoms with Crippen LogP contribution in [0.1, 0.15) is 11.1 Å². The van der Waals surface area contributed by atoms with Crippen molar-refractivity contribution in [2.24, 2.45) is 0 Å². The van der Waals surface area contributed by atoms with Gasteiger partial charge in [-0.05, 0) is 47.5 Å². The number of fused-ring (bicyclic) bond motifs is 2. The zero-order valence-corrected chi connectivity index (χ0v) is 15.9. The van der Waals surface area contributed by atoms with Crippen LogP contribution in [0.4, 0.5) is 0 Å². The van der Waals surface area contributed by atoms with Crippen LogP contribution < -0.4 is 10.6 Å². The van der Waals surface area contributed by atoms with Crippen molar-refractivity contribution in [2.45, 2.75) is 24.9 Å². The van der Waals surface area contributed by atoms with E-state index >= 15 is 0 Å². The molecule has 1 fully saturated rings. The normalized spacial score (nSPS) is 19.2. The molecule has 0 saturated carbocycles. The van der Waals surface area contributed by atoms with Crippen LogP contribution in [0.15, 0.2) is 48.8 Å². The first-order chi connectivity index (χ1) is 14.5. The zero-order valence-electron chi connectivity index (χ0n) is 15.9. The van der Waals surface area contributed by atoms with Crippen LogP contribution in [0.3, 0.4) is 0 Å². The van der Waals surface area contributed by atoms with E-state index in [4.69, 9.17) is 0 Å². The Bertz CT molecular complexity index is 1190. The number of amides is 2. The molecule has 2 unspecified atom stereocenters. The van der Waals surface area contributed by atoms with E-state index in [2.05, 4.69) is 20.6 Å². The van der Waals surface area contributed by atoms with Crippen LogP contribution in [0.5, 0.6) is 11.5 Å². The molecule has 2 atom stereocenters. The summed E-state index contributed by atoms with van der Waals surface area (Å²) in [4.78, 5) is 31.6. The number of hydrogen-bond donors (Lipinski definition) is 6. The number of carbonyl (C=O) groups is 2. The molecule has 6 N–H and O–H groups in total. The lowest BCUT2D eigenvalue weighted by atomic mass is 9.98. The number of H-pyrrole nitrogens is 2. The van der Waals surface area contributed by atoms with E-state index in [-0.39, 0.29) is 23.3 Å². The summed E-state index contributed by atoms with van der Waals surface area (Å²) in [6, 6.07) is 8.60. The summed E-state index contributed by atoms with van der Waals surface area (Å²) in [7, 11) is 0. The van der Waals surface area contributed by atoms with E-state index in [9.17, 15) is 19.8 Å². The Morgan fingerprint density at radius 3 is 1.57 bits per heavy atom. The molecule has 2 amide bonds. The highest BCUT2D eigenvalue weighted by molar-refractivity contribution is 5.98. The van der Waals surface area contributed by atoms with E-state index in [1.54, 1.807) is 48.8 Å². The van der Waals surface area contributed by atoms with Crippen LogP contribution in [0, 0.1) is 0 Å². The predicted molar refractivity (Wildman–Crippen MR) is 111 cm³/mol. The molecule has 30 heavy (non-hydrogen) atoms. The van der Waals surface area contributed by atoms with E-state index in [1.807, 2.05) is 0 Å². The molecule has 0 aliphatic carbocycles. The van der Waals surface area contributed by atoms with E-state index in [1.165, 1.54) is 0 Å². The van der Waals surface area contributed by atoms with Crippen molar-refractivity contribution < 1.29 is 19.8 Å². The van der Waals surface area contributed by atoms with E-state index in [0.29, 0.717) is 12.8 Å². The molecule has 0 spiro atoms. The van der Waals surface area contributed by atoms with Crippen molar-refractivity contribution in [2.75, 3.05) is 0 Å². The molecule has 4 aromatic rings. The molecular formula is C22H20N4O4. The fourth-order valence-corrected chi connectivity index (χ4v) is 4.07. The third kappa shape index (κ3) is 3.12. The number of rotatable bonds is 4. The Balaban J connectivity index is 1.33. The van der Waals surface area contributed by atoms with E-state index < -0.39 is 12.1 Å². The lowest BCUT2D eigenvalue weighted by Gasteiger charge is -2.29. The maximum absolute atomic E-state index is 12.7. The molecule has 1 saturated heterocycles. The quantitative estimate of drug-likeness (QED) is 0.310. The Morgan fingerprint density at radius 1 is 0.700 bits per heavy atom. The fraction of sp³-hybridized carbons (Fsp3) is 0.182. The van der Waals surface area contributed by atoms with Gasteiger partial charge in [-0.2, -0.15) is 0 Å². The maximum atomic E-state index is 12.7. The predicted octanol–water partition coefficient (Wildman–Crippen LogP) is 1.83. The number of aromatic nitrogens is 2.